The van der Waals surface area contributed by atoms with Gasteiger partial charge >= 0.3 is 0 Å². The Morgan fingerprint density at radius 3 is 2.52 bits per heavy atom. The van der Waals surface area contributed by atoms with Crippen molar-refractivity contribution in [2.24, 2.45) is 5.92 Å². The zero-order valence-corrected chi connectivity index (χ0v) is 23.3. The largest absolute Gasteiger partial charge is 0.497 e. The molecule has 1 aromatic heterocycles. The molecule has 1 saturated carbocycles. The Labute approximate surface area is 235 Å². The van der Waals surface area contributed by atoms with Gasteiger partial charge in [0.2, 0.25) is 5.91 Å². The SMILES string of the molecule is COc1ccc(NC(=O)C2CC2c2ccc3c(/C=C/c4ccc(CN5CC(C)OC(C)C5)cc4)n[nH]c3c2)cc1. The second-order valence-corrected chi connectivity index (χ2v) is 11.1. The lowest BCUT2D eigenvalue weighted by Gasteiger charge is -2.35. The minimum Gasteiger partial charge on any atom is -0.497 e. The number of aromatic amines is 1. The van der Waals surface area contributed by atoms with Crippen LogP contribution in [-0.4, -0.2) is 53.4 Å². The second-order valence-electron chi connectivity index (χ2n) is 11.1. The number of nitrogens with one attached hydrogen (secondary N) is 2. The number of hydrogen-bond acceptors (Lipinski definition) is 5. The lowest BCUT2D eigenvalue weighted by atomic mass is 10.1. The molecule has 7 nitrogen and oxygen atoms in total. The molecule has 40 heavy (non-hydrogen) atoms. The van der Waals surface area contributed by atoms with Crippen LogP contribution < -0.4 is 10.1 Å². The maximum Gasteiger partial charge on any atom is 0.228 e. The van der Waals surface area contributed by atoms with Crippen molar-refractivity contribution in [2.75, 3.05) is 25.5 Å². The summed E-state index contributed by atoms with van der Waals surface area (Å²) in [6.07, 6.45) is 5.57. The van der Waals surface area contributed by atoms with Crippen molar-refractivity contribution in [3.8, 4) is 5.75 Å². The molecule has 2 N–H and O–H groups in total. The molecule has 4 aromatic rings. The fourth-order valence-electron chi connectivity index (χ4n) is 5.76. The van der Waals surface area contributed by atoms with Gasteiger partial charge in [-0.05, 0) is 79.3 Å². The lowest BCUT2D eigenvalue weighted by Crippen LogP contribution is -2.44. The third-order valence-electron chi connectivity index (χ3n) is 7.84. The lowest BCUT2D eigenvalue weighted by molar-refractivity contribution is -0.117. The molecule has 0 radical (unpaired) electrons. The molecule has 7 heteroatoms. The first-order valence-corrected chi connectivity index (χ1v) is 14.0. The number of ether oxygens (including phenoxy) is 2. The van der Waals surface area contributed by atoms with E-state index in [-0.39, 0.29) is 30.0 Å². The van der Waals surface area contributed by atoms with Gasteiger partial charge in [0.05, 0.1) is 30.5 Å². The summed E-state index contributed by atoms with van der Waals surface area (Å²) < 4.78 is 11.0. The average Bonchev–Trinajstić information content (AvgIpc) is 3.66. The number of aromatic nitrogens is 2. The van der Waals surface area contributed by atoms with E-state index >= 15 is 0 Å². The van der Waals surface area contributed by atoms with E-state index in [4.69, 9.17) is 9.47 Å². The number of carbonyl (C=O) groups excluding carboxylic acids is 1. The Hall–Kier alpha value is -3.94. The predicted octanol–water partition coefficient (Wildman–Crippen LogP) is 6.09. The summed E-state index contributed by atoms with van der Waals surface area (Å²) in [5.41, 5.74) is 6.31. The number of amides is 1. The summed E-state index contributed by atoms with van der Waals surface area (Å²) in [6.45, 7) is 7.17. The number of methoxy groups -OCH3 is 1. The Bertz CT molecular complexity index is 1500. The molecular weight excluding hydrogens is 500 g/mol. The molecule has 2 aliphatic rings. The zero-order valence-electron chi connectivity index (χ0n) is 23.3. The van der Waals surface area contributed by atoms with Crippen LogP contribution >= 0.6 is 0 Å². The van der Waals surface area contributed by atoms with Gasteiger partial charge in [0.1, 0.15) is 5.75 Å². The molecule has 2 fully saturated rings. The van der Waals surface area contributed by atoms with E-state index < -0.39 is 0 Å². The van der Waals surface area contributed by atoms with Crippen molar-refractivity contribution in [1.29, 1.82) is 0 Å². The van der Waals surface area contributed by atoms with E-state index in [0.29, 0.717) is 0 Å². The van der Waals surface area contributed by atoms with Crippen LogP contribution in [0.25, 0.3) is 23.1 Å². The molecule has 0 bridgehead atoms. The van der Waals surface area contributed by atoms with Crippen LogP contribution in [-0.2, 0) is 16.1 Å². The smallest absolute Gasteiger partial charge is 0.228 e. The summed E-state index contributed by atoms with van der Waals surface area (Å²) in [4.78, 5) is 15.2. The van der Waals surface area contributed by atoms with Gasteiger partial charge in [-0.3, -0.25) is 14.8 Å². The van der Waals surface area contributed by atoms with E-state index in [9.17, 15) is 4.79 Å². The highest BCUT2D eigenvalue weighted by molar-refractivity contribution is 5.96. The van der Waals surface area contributed by atoms with Crippen molar-refractivity contribution in [1.82, 2.24) is 15.1 Å². The van der Waals surface area contributed by atoms with Gasteiger partial charge < -0.3 is 14.8 Å². The molecule has 1 amide bonds. The minimum absolute atomic E-state index is 0.0140. The maximum absolute atomic E-state index is 12.8. The van der Waals surface area contributed by atoms with Crippen LogP contribution in [0, 0.1) is 5.92 Å². The van der Waals surface area contributed by atoms with Crippen LogP contribution in [0.1, 0.15) is 48.6 Å². The highest BCUT2D eigenvalue weighted by Gasteiger charge is 2.44. The number of nitrogens with zero attached hydrogens (tertiary/aromatic N) is 2. The highest BCUT2D eigenvalue weighted by Crippen LogP contribution is 2.48. The normalized spacial score (nSPS) is 23.0. The molecule has 2 heterocycles. The van der Waals surface area contributed by atoms with Crippen molar-refractivity contribution < 1.29 is 14.3 Å². The fourth-order valence-corrected chi connectivity index (χ4v) is 5.76. The van der Waals surface area contributed by atoms with Gasteiger partial charge in [-0.2, -0.15) is 5.10 Å². The zero-order chi connectivity index (χ0) is 27.6. The molecule has 4 unspecified atom stereocenters. The highest BCUT2D eigenvalue weighted by atomic mass is 16.5. The van der Waals surface area contributed by atoms with Crippen molar-refractivity contribution in [3.63, 3.8) is 0 Å². The quantitative estimate of drug-likeness (QED) is 0.285. The number of H-pyrrole nitrogens is 1. The van der Waals surface area contributed by atoms with Gasteiger partial charge in [0, 0.05) is 36.6 Å². The summed E-state index contributed by atoms with van der Waals surface area (Å²) in [5, 5.41) is 11.8. The summed E-state index contributed by atoms with van der Waals surface area (Å²) in [5.74, 6) is 1.04. The van der Waals surface area contributed by atoms with E-state index in [0.717, 1.165) is 59.7 Å². The number of fused-ring (bicyclic) bond motifs is 1. The molecule has 4 atom stereocenters. The molecular formula is C33H36N4O3. The minimum atomic E-state index is -0.0140. The first-order chi connectivity index (χ1) is 19.4. The van der Waals surface area contributed by atoms with E-state index in [2.05, 4.69) is 88.9 Å². The van der Waals surface area contributed by atoms with Crippen molar-refractivity contribution in [3.05, 3.63) is 89.1 Å². The van der Waals surface area contributed by atoms with E-state index in [1.807, 2.05) is 24.3 Å². The van der Waals surface area contributed by atoms with Crippen LogP contribution in [0.15, 0.2) is 66.7 Å². The van der Waals surface area contributed by atoms with Crippen LogP contribution in [0.2, 0.25) is 0 Å². The summed E-state index contributed by atoms with van der Waals surface area (Å²) >= 11 is 0. The third-order valence-corrected chi connectivity index (χ3v) is 7.84. The number of carbonyl (C=O) groups is 1. The Kier molecular flexibility index (Phi) is 7.41. The van der Waals surface area contributed by atoms with Gasteiger partial charge in [-0.25, -0.2) is 0 Å². The molecule has 1 saturated heterocycles. The Morgan fingerprint density at radius 1 is 1.05 bits per heavy atom. The average molecular weight is 537 g/mol. The number of benzene rings is 3. The molecule has 1 aliphatic heterocycles. The number of morpholine rings is 1. The topological polar surface area (TPSA) is 79.5 Å². The molecule has 206 valence electrons. The van der Waals surface area contributed by atoms with Crippen LogP contribution in [0.5, 0.6) is 5.75 Å². The van der Waals surface area contributed by atoms with Gasteiger partial charge in [0.15, 0.2) is 0 Å². The Morgan fingerprint density at radius 2 is 1.80 bits per heavy atom. The molecule has 6 rings (SSSR count). The fraction of sp³-hybridized carbons (Fsp3) is 0.333. The first kappa shape index (κ1) is 26.3. The number of rotatable bonds is 8. The van der Waals surface area contributed by atoms with Crippen LogP contribution in [0.4, 0.5) is 5.69 Å². The molecule has 3 aromatic carbocycles. The number of hydrogen-bond donors (Lipinski definition) is 2. The molecule has 0 spiro atoms. The van der Waals surface area contributed by atoms with Gasteiger partial charge in [-0.15, -0.1) is 0 Å². The van der Waals surface area contributed by atoms with Crippen LogP contribution in [0.3, 0.4) is 0 Å². The van der Waals surface area contributed by atoms with E-state index in [1.54, 1.807) is 7.11 Å². The monoisotopic (exact) mass is 536 g/mol. The van der Waals surface area contributed by atoms with Gasteiger partial charge in [-0.1, -0.05) is 42.5 Å². The summed E-state index contributed by atoms with van der Waals surface area (Å²) in [6, 6.07) is 22.5. The maximum atomic E-state index is 12.8. The third kappa shape index (κ3) is 5.96. The molecule has 1 aliphatic carbocycles. The van der Waals surface area contributed by atoms with Crippen molar-refractivity contribution >= 4 is 34.6 Å². The summed E-state index contributed by atoms with van der Waals surface area (Å²) in [7, 11) is 1.63. The first-order valence-electron chi connectivity index (χ1n) is 14.0. The van der Waals surface area contributed by atoms with E-state index in [1.165, 1.54) is 11.1 Å². The standard InChI is InChI=1S/C33H36N4O3/c1-21-18-37(19-22(2)40-21)20-24-6-4-23(5-7-24)8-15-31-28-14-9-25(16-32(28)36-35-31)29-17-30(29)33(38)34-26-10-12-27(39-3)13-11-26/h4-16,21-22,29-30H,17-20H2,1-3H3,(H,34,38)(H,35,36)/b15-8+. The number of anilines is 1. The predicted molar refractivity (Wildman–Crippen MR) is 159 cm³/mol. The van der Waals surface area contributed by atoms with Crippen molar-refractivity contribution in [2.45, 2.75) is 44.9 Å². The second kappa shape index (κ2) is 11.3. The van der Waals surface area contributed by atoms with Gasteiger partial charge in [0.25, 0.3) is 0 Å². The Balaban J connectivity index is 1.06.